The van der Waals surface area contributed by atoms with Gasteiger partial charge in [0.1, 0.15) is 0 Å². The molecule has 0 radical (unpaired) electrons. The number of rotatable bonds is 6. The summed E-state index contributed by atoms with van der Waals surface area (Å²) >= 11 is 6.29. The third-order valence-corrected chi connectivity index (χ3v) is 5.79. The average Bonchev–Trinajstić information content (AvgIpc) is 3.17. The summed E-state index contributed by atoms with van der Waals surface area (Å²) < 4.78 is 0. The van der Waals surface area contributed by atoms with Crippen molar-refractivity contribution in [3.63, 3.8) is 0 Å². The van der Waals surface area contributed by atoms with Crippen molar-refractivity contribution in [3.05, 3.63) is 59.1 Å². The molecule has 5 heteroatoms. The van der Waals surface area contributed by atoms with E-state index in [4.69, 9.17) is 17.3 Å². The molecule has 0 bridgehead atoms. The van der Waals surface area contributed by atoms with Crippen LogP contribution in [0.2, 0.25) is 5.02 Å². The molecule has 27 heavy (non-hydrogen) atoms. The van der Waals surface area contributed by atoms with Crippen LogP contribution in [0.25, 0.3) is 0 Å². The van der Waals surface area contributed by atoms with Gasteiger partial charge in [0, 0.05) is 37.3 Å². The van der Waals surface area contributed by atoms with Gasteiger partial charge < -0.3 is 15.5 Å². The van der Waals surface area contributed by atoms with E-state index >= 15 is 0 Å². The maximum atomic E-state index is 12.6. The lowest BCUT2D eigenvalue weighted by Gasteiger charge is -2.32. The highest BCUT2D eigenvalue weighted by Gasteiger charge is 2.32. The molecule has 0 aromatic heterocycles. The van der Waals surface area contributed by atoms with Crippen LogP contribution in [0.5, 0.6) is 0 Å². The second kappa shape index (κ2) is 8.66. The van der Waals surface area contributed by atoms with E-state index in [-0.39, 0.29) is 17.9 Å². The maximum Gasteiger partial charge on any atom is 0.225 e. The lowest BCUT2D eigenvalue weighted by atomic mass is 10.1. The van der Waals surface area contributed by atoms with Crippen LogP contribution < -0.4 is 10.6 Å². The molecular weight excluding hydrogens is 358 g/mol. The first kappa shape index (κ1) is 19.6. The molecule has 1 saturated heterocycles. The van der Waals surface area contributed by atoms with Crippen LogP contribution in [0.3, 0.4) is 0 Å². The fourth-order valence-corrected chi connectivity index (χ4v) is 3.76. The fraction of sp³-hybridized carbons (Fsp3) is 0.409. The van der Waals surface area contributed by atoms with Crippen molar-refractivity contribution in [1.82, 2.24) is 4.90 Å². The lowest BCUT2D eigenvalue weighted by Crippen LogP contribution is -2.40. The Morgan fingerprint density at radius 1 is 1.30 bits per heavy atom. The molecule has 2 atom stereocenters. The first-order valence-corrected chi connectivity index (χ1v) is 10.0. The normalized spacial score (nSPS) is 17.7. The Morgan fingerprint density at radius 3 is 2.70 bits per heavy atom. The van der Waals surface area contributed by atoms with E-state index < -0.39 is 0 Å². The molecule has 1 heterocycles. The Morgan fingerprint density at radius 2 is 2.04 bits per heavy atom. The predicted molar refractivity (Wildman–Crippen MR) is 113 cm³/mol. The minimum Gasteiger partial charge on any atom is -0.398 e. The topological polar surface area (TPSA) is 49.6 Å². The molecule has 1 unspecified atom stereocenters. The molecule has 0 aliphatic carbocycles. The number of hydrogen-bond acceptors (Lipinski definition) is 3. The van der Waals surface area contributed by atoms with Crippen LogP contribution >= 0.6 is 11.6 Å². The quantitative estimate of drug-likeness (QED) is 0.740. The van der Waals surface area contributed by atoms with Gasteiger partial charge in [-0.1, -0.05) is 55.8 Å². The van der Waals surface area contributed by atoms with Crippen molar-refractivity contribution in [2.45, 2.75) is 39.3 Å². The number of nitrogens with zero attached hydrogens (tertiary/aromatic N) is 2. The third kappa shape index (κ3) is 4.56. The van der Waals surface area contributed by atoms with Crippen molar-refractivity contribution in [2.24, 2.45) is 5.92 Å². The molecule has 144 valence electrons. The SMILES string of the molecule is CCC(C)C(=O)N1CC[C@H](N(Cc2ccccc2)c2ccc(N)c(Cl)c2)C1. The number of nitrogen functional groups attached to an aromatic ring is 1. The van der Waals surface area contributed by atoms with E-state index in [0.717, 1.165) is 38.2 Å². The zero-order chi connectivity index (χ0) is 19.4. The number of likely N-dealkylation sites (tertiary alicyclic amines) is 1. The minimum atomic E-state index is 0.0808. The second-order valence-corrected chi connectivity index (χ2v) is 7.76. The maximum absolute atomic E-state index is 12.6. The van der Waals surface area contributed by atoms with Gasteiger partial charge in [0.05, 0.1) is 10.7 Å². The van der Waals surface area contributed by atoms with Crippen molar-refractivity contribution in [1.29, 1.82) is 0 Å². The highest BCUT2D eigenvalue weighted by atomic mass is 35.5. The first-order chi connectivity index (χ1) is 13.0. The molecule has 0 spiro atoms. The molecule has 1 aliphatic heterocycles. The number of nitrogens with two attached hydrogens (primary N) is 1. The number of hydrogen-bond donors (Lipinski definition) is 1. The minimum absolute atomic E-state index is 0.0808. The first-order valence-electron chi connectivity index (χ1n) is 9.64. The molecule has 1 amide bonds. The van der Waals surface area contributed by atoms with Crippen molar-refractivity contribution in [2.75, 3.05) is 23.7 Å². The highest BCUT2D eigenvalue weighted by molar-refractivity contribution is 6.33. The molecular formula is C22H28ClN3O. The summed E-state index contributed by atoms with van der Waals surface area (Å²) in [5, 5.41) is 0.566. The zero-order valence-electron chi connectivity index (χ0n) is 16.1. The standard InChI is InChI=1S/C22H28ClN3O/c1-3-16(2)22(27)25-12-11-19(15-25)26(14-17-7-5-4-6-8-17)18-9-10-21(24)20(23)13-18/h4-10,13,16,19H,3,11-12,14-15,24H2,1-2H3/t16?,19-/m0/s1. The summed E-state index contributed by atoms with van der Waals surface area (Å²) in [7, 11) is 0. The number of anilines is 2. The van der Waals surface area contributed by atoms with E-state index in [2.05, 4.69) is 36.1 Å². The molecule has 1 fully saturated rings. The summed E-state index contributed by atoms with van der Waals surface area (Å²) in [6.45, 7) is 6.41. The predicted octanol–water partition coefficient (Wildman–Crippen LogP) is 4.58. The summed E-state index contributed by atoms with van der Waals surface area (Å²) in [5.74, 6) is 0.340. The molecule has 2 N–H and O–H groups in total. The van der Waals surface area contributed by atoms with Gasteiger partial charge in [-0.3, -0.25) is 4.79 Å². The number of halogens is 1. The fourth-order valence-electron chi connectivity index (χ4n) is 3.59. The summed E-state index contributed by atoms with van der Waals surface area (Å²) in [4.78, 5) is 17.0. The second-order valence-electron chi connectivity index (χ2n) is 7.36. The van der Waals surface area contributed by atoms with Gasteiger partial charge >= 0.3 is 0 Å². The molecule has 2 aromatic carbocycles. The van der Waals surface area contributed by atoms with E-state index in [0.29, 0.717) is 10.7 Å². The molecule has 0 saturated carbocycles. The highest BCUT2D eigenvalue weighted by Crippen LogP contribution is 2.30. The van der Waals surface area contributed by atoms with Gasteiger partial charge in [-0.05, 0) is 36.6 Å². The summed E-state index contributed by atoms with van der Waals surface area (Å²) in [6, 6.07) is 16.4. The Labute approximate surface area is 166 Å². The Hall–Kier alpha value is -2.20. The third-order valence-electron chi connectivity index (χ3n) is 5.46. The van der Waals surface area contributed by atoms with Gasteiger partial charge in [-0.25, -0.2) is 0 Å². The van der Waals surface area contributed by atoms with Crippen molar-refractivity contribution < 1.29 is 4.79 Å². The number of carbonyl (C=O) groups excluding carboxylic acids is 1. The van der Waals surface area contributed by atoms with Crippen LogP contribution in [0.4, 0.5) is 11.4 Å². The van der Waals surface area contributed by atoms with Crippen LogP contribution in [-0.4, -0.2) is 29.9 Å². The Bertz CT molecular complexity index is 780. The van der Waals surface area contributed by atoms with Gasteiger partial charge in [0.2, 0.25) is 5.91 Å². The van der Waals surface area contributed by atoms with E-state index in [1.54, 1.807) is 0 Å². The molecule has 2 aromatic rings. The van der Waals surface area contributed by atoms with Gasteiger partial charge in [-0.15, -0.1) is 0 Å². The van der Waals surface area contributed by atoms with Gasteiger partial charge in [-0.2, -0.15) is 0 Å². The summed E-state index contributed by atoms with van der Waals surface area (Å²) in [5.41, 5.74) is 8.76. The smallest absolute Gasteiger partial charge is 0.225 e. The largest absolute Gasteiger partial charge is 0.398 e. The van der Waals surface area contributed by atoms with Crippen molar-refractivity contribution in [3.8, 4) is 0 Å². The molecule has 4 nitrogen and oxygen atoms in total. The van der Waals surface area contributed by atoms with Gasteiger partial charge in [0.15, 0.2) is 0 Å². The van der Waals surface area contributed by atoms with E-state index in [1.807, 2.05) is 36.1 Å². The van der Waals surface area contributed by atoms with Crippen molar-refractivity contribution >= 4 is 28.9 Å². The Kier molecular flexibility index (Phi) is 6.27. The van der Waals surface area contributed by atoms with Crippen LogP contribution in [0.15, 0.2) is 48.5 Å². The number of carbonyl (C=O) groups is 1. The average molecular weight is 386 g/mol. The number of amides is 1. The van der Waals surface area contributed by atoms with E-state index in [1.165, 1.54) is 5.56 Å². The monoisotopic (exact) mass is 385 g/mol. The van der Waals surface area contributed by atoms with Crippen LogP contribution in [0, 0.1) is 5.92 Å². The number of benzene rings is 2. The zero-order valence-corrected chi connectivity index (χ0v) is 16.8. The van der Waals surface area contributed by atoms with Crippen LogP contribution in [0.1, 0.15) is 32.3 Å². The van der Waals surface area contributed by atoms with E-state index in [9.17, 15) is 4.79 Å². The summed E-state index contributed by atoms with van der Waals surface area (Å²) in [6.07, 6.45) is 1.83. The van der Waals surface area contributed by atoms with Gasteiger partial charge in [0.25, 0.3) is 0 Å². The molecule has 1 aliphatic rings. The Balaban J connectivity index is 1.84. The van der Waals surface area contributed by atoms with Crippen LogP contribution in [-0.2, 0) is 11.3 Å². The lowest BCUT2D eigenvalue weighted by molar-refractivity contribution is -0.134. The molecule has 3 rings (SSSR count).